The molecule has 1 heterocycles. The third kappa shape index (κ3) is 4.58. The predicted octanol–water partition coefficient (Wildman–Crippen LogP) is 1.39. The molecule has 1 fully saturated rings. The highest BCUT2D eigenvalue weighted by Gasteiger charge is 2.26. The molecule has 18 heavy (non-hydrogen) atoms. The van der Waals surface area contributed by atoms with Crippen molar-refractivity contribution >= 4 is 5.91 Å². The summed E-state index contributed by atoms with van der Waals surface area (Å²) in [5.74, 6) is 0.523. The summed E-state index contributed by atoms with van der Waals surface area (Å²) in [6.07, 6.45) is 4.89. The smallest absolute Gasteiger partial charge is 0.225 e. The van der Waals surface area contributed by atoms with Crippen LogP contribution in [0.4, 0.5) is 0 Å². The Hall–Kier alpha value is -0.610. The summed E-state index contributed by atoms with van der Waals surface area (Å²) in [5.41, 5.74) is 0. The molecule has 1 aliphatic heterocycles. The van der Waals surface area contributed by atoms with E-state index in [-0.39, 0.29) is 12.5 Å². The molecule has 0 aromatic rings. The third-order valence-electron chi connectivity index (χ3n) is 3.84. The zero-order chi connectivity index (χ0) is 13.4. The first-order valence-corrected chi connectivity index (χ1v) is 7.35. The molecule has 0 aliphatic carbocycles. The second-order valence-electron chi connectivity index (χ2n) is 5.17. The van der Waals surface area contributed by atoms with Crippen LogP contribution in [0.15, 0.2) is 0 Å². The van der Waals surface area contributed by atoms with Crippen LogP contribution in [0.3, 0.4) is 0 Å². The van der Waals surface area contributed by atoms with Gasteiger partial charge in [0.25, 0.3) is 0 Å². The van der Waals surface area contributed by atoms with Crippen molar-refractivity contribution in [1.29, 1.82) is 0 Å². The van der Waals surface area contributed by atoms with Crippen LogP contribution in [0.25, 0.3) is 0 Å². The van der Waals surface area contributed by atoms with E-state index in [1.54, 1.807) is 0 Å². The van der Waals surface area contributed by atoms with Crippen LogP contribution in [0.5, 0.6) is 0 Å². The Morgan fingerprint density at radius 1 is 1.44 bits per heavy atom. The maximum absolute atomic E-state index is 12.3. The van der Waals surface area contributed by atoms with E-state index in [9.17, 15) is 4.79 Å². The van der Waals surface area contributed by atoms with Gasteiger partial charge in [0.2, 0.25) is 5.91 Å². The van der Waals surface area contributed by atoms with Gasteiger partial charge in [-0.15, -0.1) is 0 Å². The highest BCUT2D eigenvalue weighted by molar-refractivity contribution is 5.78. The SMILES string of the molecule is CCC(CC)C(=O)N1CCCC(NCCCO)C1. The first-order chi connectivity index (χ1) is 8.72. The van der Waals surface area contributed by atoms with Crippen molar-refractivity contribution in [2.45, 2.75) is 52.0 Å². The van der Waals surface area contributed by atoms with Crippen LogP contribution < -0.4 is 5.32 Å². The van der Waals surface area contributed by atoms with Crippen LogP contribution in [0, 0.1) is 5.92 Å². The average Bonchev–Trinajstić information content (AvgIpc) is 2.41. The summed E-state index contributed by atoms with van der Waals surface area (Å²) in [6.45, 7) is 7.00. The number of likely N-dealkylation sites (tertiary alicyclic amines) is 1. The Kier molecular flexibility index (Phi) is 7.28. The summed E-state index contributed by atoms with van der Waals surface area (Å²) in [7, 11) is 0. The Morgan fingerprint density at radius 3 is 2.78 bits per heavy atom. The van der Waals surface area contributed by atoms with Gasteiger partial charge < -0.3 is 15.3 Å². The van der Waals surface area contributed by atoms with E-state index < -0.39 is 0 Å². The minimum absolute atomic E-state index is 0.196. The van der Waals surface area contributed by atoms with E-state index in [1.165, 1.54) is 0 Å². The minimum atomic E-state index is 0.196. The van der Waals surface area contributed by atoms with Gasteiger partial charge in [0.1, 0.15) is 0 Å². The standard InChI is InChI=1S/C14H28N2O2/c1-3-12(4-2)14(18)16-9-5-7-13(11-16)15-8-6-10-17/h12-13,15,17H,3-11H2,1-2H3. The number of rotatable bonds is 7. The van der Waals surface area contributed by atoms with Crippen molar-refractivity contribution < 1.29 is 9.90 Å². The lowest BCUT2D eigenvalue weighted by molar-refractivity contribution is -0.137. The zero-order valence-electron chi connectivity index (χ0n) is 11.8. The van der Waals surface area contributed by atoms with Crippen LogP contribution in [-0.4, -0.2) is 48.2 Å². The second kappa shape index (κ2) is 8.48. The maximum atomic E-state index is 12.3. The molecule has 1 amide bonds. The minimum Gasteiger partial charge on any atom is -0.396 e. The fourth-order valence-electron chi connectivity index (χ4n) is 2.63. The molecule has 0 aromatic carbocycles. The Balaban J connectivity index is 2.40. The summed E-state index contributed by atoms with van der Waals surface area (Å²) in [5, 5.41) is 12.2. The van der Waals surface area contributed by atoms with E-state index in [1.807, 2.05) is 4.90 Å². The Bertz CT molecular complexity index is 242. The van der Waals surface area contributed by atoms with E-state index >= 15 is 0 Å². The third-order valence-corrected chi connectivity index (χ3v) is 3.84. The van der Waals surface area contributed by atoms with Gasteiger partial charge in [0, 0.05) is 31.7 Å². The molecule has 4 nitrogen and oxygen atoms in total. The zero-order valence-corrected chi connectivity index (χ0v) is 11.8. The lowest BCUT2D eigenvalue weighted by Gasteiger charge is -2.35. The average molecular weight is 256 g/mol. The fourth-order valence-corrected chi connectivity index (χ4v) is 2.63. The molecule has 106 valence electrons. The van der Waals surface area contributed by atoms with Crippen molar-refractivity contribution in [3.8, 4) is 0 Å². The van der Waals surface area contributed by atoms with Gasteiger partial charge >= 0.3 is 0 Å². The van der Waals surface area contributed by atoms with Crippen molar-refractivity contribution in [3.63, 3.8) is 0 Å². The highest BCUT2D eigenvalue weighted by Crippen LogP contribution is 2.17. The molecule has 1 unspecified atom stereocenters. The monoisotopic (exact) mass is 256 g/mol. The van der Waals surface area contributed by atoms with Gasteiger partial charge in [0.15, 0.2) is 0 Å². The Morgan fingerprint density at radius 2 is 2.17 bits per heavy atom. The lowest BCUT2D eigenvalue weighted by Crippen LogP contribution is -2.49. The molecule has 1 aliphatic rings. The highest BCUT2D eigenvalue weighted by atomic mass is 16.3. The molecule has 0 bridgehead atoms. The molecule has 0 saturated carbocycles. The van der Waals surface area contributed by atoms with Gasteiger partial charge in [-0.3, -0.25) is 4.79 Å². The number of nitrogens with one attached hydrogen (secondary N) is 1. The quantitative estimate of drug-likeness (QED) is 0.677. The summed E-state index contributed by atoms with van der Waals surface area (Å²) >= 11 is 0. The largest absolute Gasteiger partial charge is 0.396 e. The maximum Gasteiger partial charge on any atom is 0.225 e. The number of carbonyl (C=O) groups excluding carboxylic acids is 1. The Labute approximate surface area is 111 Å². The number of aliphatic hydroxyl groups excluding tert-OH is 1. The van der Waals surface area contributed by atoms with Crippen molar-refractivity contribution in [1.82, 2.24) is 10.2 Å². The van der Waals surface area contributed by atoms with Crippen molar-refractivity contribution in [2.24, 2.45) is 5.92 Å². The lowest BCUT2D eigenvalue weighted by atomic mass is 9.98. The molecule has 0 aromatic heterocycles. The predicted molar refractivity (Wildman–Crippen MR) is 73.4 cm³/mol. The fraction of sp³-hybridized carbons (Fsp3) is 0.929. The summed E-state index contributed by atoms with van der Waals surface area (Å²) in [4.78, 5) is 14.3. The molecule has 1 rings (SSSR count). The molecule has 1 atom stereocenters. The molecule has 4 heteroatoms. The van der Waals surface area contributed by atoms with Gasteiger partial charge in [0.05, 0.1) is 0 Å². The number of hydrogen-bond acceptors (Lipinski definition) is 3. The van der Waals surface area contributed by atoms with Crippen LogP contribution in [0.1, 0.15) is 46.0 Å². The summed E-state index contributed by atoms with van der Waals surface area (Å²) in [6, 6.07) is 0.406. The number of aliphatic hydroxyl groups is 1. The van der Waals surface area contributed by atoms with Crippen LogP contribution >= 0.6 is 0 Å². The number of nitrogens with zero attached hydrogens (tertiary/aromatic N) is 1. The number of piperidine rings is 1. The molecule has 0 radical (unpaired) electrons. The molecular formula is C14H28N2O2. The van der Waals surface area contributed by atoms with Gasteiger partial charge in [-0.2, -0.15) is 0 Å². The normalized spacial score (nSPS) is 20.4. The first kappa shape index (κ1) is 15.4. The topological polar surface area (TPSA) is 52.6 Å². The van der Waals surface area contributed by atoms with E-state index in [0.29, 0.717) is 11.9 Å². The van der Waals surface area contributed by atoms with Gasteiger partial charge in [-0.05, 0) is 38.6 Å². The van der Waals surface area contributed by atoms with E-state index in [2.05, 4.69) is 19.2 Å². The molecule has 1 saturated heterocycles. The van der Waals surface area contributed by atoms with E-state index in [0.717, 1.165) is 51.7 Å². The number of amides is 1. The summed E-state index contributed by atoms with van der Waals surface area (Å²) < 4.78 is 0. The van der Waals surface area contributed by atoms with Crippen molar-refractivity contribution in [2.75, 3.05) is 26.2 Å². The van der Waals surface area contributed by atoms with Crippen molar-refractivity contribution in [3.05, 3.63) is 0 Å². The van der Waals surface area contributed by atoms with Crippen LogP contribution in [0.2, 0.25) is 0 Å². The van der Waals surface area contributed by atoms with E-state index in [4.69, 9.17) is 5.11 Å². The van der Waals surface area contributed by atoms with Crippen LogP contribution in [-0.2, 0) is 4.79 Å². The first-order valence-electron chi connectivity index (χ1n) is 7.35. The second-order valence-corrected chi connectivity index (χ2v) is 5.17. The molecular weight excluding hydrogens is 228 g/mol. The van der Waals surface area contributed by atoms with Gasteiger partial charge in [-0.1, -0.05) is 13.8 Å². The number of carbonyl (C=O) groups is 1. The molecule has 0 spiro atoms. The van der Waals surface area contributed by atoms with Gasteiger partial charge in [-0.25, -0.2) is 0 Å². The number of hydrogen-bond donors (Lipinski definition) is 2. The molecule has 2 N–H and O–H groups in total.